The second-order valence-corrected chi connectivity index (χ2v) is 5.28. The van der Waals surface area contributed by atoms with Gasteiger partial charge in [0.25, 0.3) is 0 Å². The normalized spacial score (nSPS) is 14.4. The van der Waals surface area contributed by atoms with Gasteiger partial charge in [-0.05, 0) is 32.5 Å². The Morgan fingerprint density at radius 2 is 2.15 bits per heavy atom. The topological polar surface area (TPSA) is 58.9 Å². The fraction of sp³-hybridized carbons (Fsp3) is 0.500. The molecule has 0 radical (unpaired) electrons. The molecule has 0 spiro atoms. The van der Waals surface area contributed by atoms with E-state index in [1.165, 1.54) is 11.1 Å². The number of rotatable bonds is 3. The van der Waals surface area contributed by atoms with Gasteiger partial charge in [0.05, 0.1) is 6.54 Å². The van der Waals surface area contributed by atoms with Crippen molar-refractivity contribution in [3.63, 3.8) is 0 Å². The fourth-order valence-corrected chi connectivity index (χ4v) is 2.75. The van der Waals surface area contributed by atoms with Gasteiger partial charge >= 0.3 is 0 Å². The molecular formula is C14H20N6. The molecular weight excluding hydrogens is 252 g/mol. The first-order chi connectivity index (χ1) is 9.69. The molecule has 6 nitrogen and oxygen atoms in total. The number of nitrogens with one attached hydrogen (secondary N) is 1. The average molecular weight is 272 g/mol. The van der Waals surface area contributed by atoms with E-state index in [-0.39, 0.29) is 0 Å². The van der Waals surface area contributed by atoms with Crippen LogP contribution >= 0.6 is 0 Å². The molecule has 2 aromatic rings. The molecule has 1 aliphatic rings. The third-order valence-electron chi connectivity index (χ3n) is 3.75. The molecule has 1 N–H and O–H groups in total. The Morgan fingerprint density at radius 3 is 2.95 bits per heavy atom. The molecule has 20 heavy (non-hydrogen) atoms. The lowest BCUT2D eigenvalue weighted by molar-refractivity contribution is 0.553. The van der Waals surface area contributed by atoms with Crippen molar-refractivity contribution < 1.29 is 0 Å². The summed E-state index contributed by atoms with van der Waals surface area (Å²) < 4.78 is 2.11. The van der Waals surface area contributed by atoms with Gasteiger partial charge in [-0.25, -0.2) is 4.98 Å². The van der Waals surface area contributed by atoms with Gasteiger partial charge in [-0.1, -0.05) is 0 Å². The quantitative estimate of drug-likeness (QED) is 0.904. The maximum atomic E-state index is 4.76. The molecule has 0 aliphatic carbocycles. The summed E-state index contributed by atoms with van der Waals surface area (Å²) in [6, 6.07) is 2.14. The van der Waals surface area contributed by atoms with E-state index in [4.69, 9.17) is 4.98 Å². The molecule has 0 saturated carbocycles. The summed E-state index contributed by atoms with van der Waals surface area (Å²) in [5.74, 6) is 2.08. The number of hydrogen-bond donors (Lipinski definition) is 1. The van der Waals surface area contributed by atoms with E-state index >= 15 is 0 Å². The van der Waals surface area contributed by atoms with Crippen molar-refractivity contribution in [3.05, 3.63) is 35.0 Å². The average Bonchev–Trinajstić information content (AvgIpc) is 2.88. The predicted octanol–water partition coefficient (Wildman–Crippen LogP) is 1.03. The summed E-state index contributed by atoms with van der Waals surface area (Å²) >= 11 is 0. The summed E-state index contributed by atoms with van der Waals surface area (Å²) in [7, 11) is 1.97. The minimum absolute atomic E-state index is 0.770. The summed E-state index contributed by atoms with van der Waals surface area (Å²) in [6.45, 7) is 7.65. The van der Waals surface area contributed by atoms with E-state index < -0.39 is 0 Å². The van der Waals surface area contributed by atoms with Gasteiger partial charge in [-0.3, -0.25) is 0 Å². The van der Waals surface area contributed by atoms with Crippen LogP contribution in [0.4, 0.5) is 5.82 Å². The van der Waals surface area contributed by atoms with Crippen molar-refractivity contribution in [2.45, 2.75) is 33.5 Å². The largest absolute Gasteiger partial charge is 0.347 e. The number of hydrogen-bond acceptors (Lipinski definition) is 5. The molecule has 0 unspecified atom stereocenters. The van der Waals surface area contributed by atoms with Crippen LogP contribution in [0.1, 0.15) is 22.6 Å². The van der Waals surface area contributed by atoms with Crippen molar-refractivity contribution in [3.8, 4) is 0 Å². The zero-order valence-electron chi connectivity index (χ0n) is 12.2. The molecule has 3 rings (SSSR count). The molecule has 0 atom stereocenters. The number of fused-ring (bicyclic) bond motifs is 1. The summed E-state index contributed by atoms with van der Waals surface area (Å²) in [4.78, 5) is 7.06. The zero-order valence-corrected chi connectivity index (χ0v) is 12.2. The van der Waals surface area contributed by atoms with Crippen molar-refractivity contribution in [1.82, 2.24) is 25.1 Å². The lowest BCUT2D eigenvalue weighted by atomic mass is 10.1. The predicted molar refractivity (Wildman–Crippen MR) is 77.5 cm³/mol. The van der Waals surface area contributed by atoms with E-state index in [9.17, 15) is 0 Å². The second-order valence-electron chi connectivity index (χ2n) is 5.28. The lowest BCUT2D eigenvalue weighted by Crippen LogP contribution is -2.35. The Hall–Kier alpha value is -1.95. The third-order valence-corrected chi connectivity index (χ3v) is 3.75. The van der Waals surface area contributed by atoms with Crippen LogP contribution in [0.3, 0.4) is 0 Å². The number of nitrogens with zero attached hydrogens (tertiary/aromatic N) is 5. The fourth-order valence-electron chi connectivity index (χ4n) is 2.75. The minimum atomic E-state index is 0.770. The van der Waals surface area contributed by atoms with Gasteiger partial charge in [0, 0.05) is 30.9 Å². The first kappa shape index (κ1) is 13.1. The Bertz CT molecular complexity index is 618. The Morgan fingerprint density at radius 1 is 1.30 bits per heavy atom. The van der Waals surface area contributed by atoms with Gasteiger partial charge in [0.2, 0.25) is 0 Å². The second kappa shape index (κ2) is 5.20. The van der Waals surface area contributed by atoms with Crippen LogP contribution in [0.25, 0.3) is 0 Å². The Labute approximate surface area is 118 Å². The van der Waals surface area contributed by atoms with E-state index in [1.807, 2.05) is 14.0 Å². The summed E-state index contributed by atoms with van der Waals surface area (Å²) in [5.41, 5.74) is 3.62. The summed E-state index contributed by atoms with van der Waals surface area (Å²) in [6.07, 6.45) is 1.80. The molecule has 0 fully saturated rings. The van der Waals surface area contributed by atoms with E-state index in [0.29, 0.717) is 0 Å². The highest BCUT2D eigenvalue weighted by molar-refractivity contribution is 5.52. The van der Waals surface area contributed by atoms with Crippen molar-refractivity contribution >= 4 is 5.82 Å². The molecule has 3 heterocycles. The van der Waals surface area contributed by atoms with Gasteiger partial charge in [-0.2, -0.15) is 0 Å². The smallest absolute Gasteiger partial charge is 0.152 e. The first-order valence-electron chi connectivity index (χ1n) is 6.92. The van der Waals surface area contributed by atoms with Crippen molar-refractivity contribution in [1.29, 1.82) is 0 Å². The molecule has 0 aromatic carbocycles. The Balaban J connectivity index is 1.98. The van der Waals surface area contributed by atoms with E-state index in [2.05, 4.69) is 38.0 Å². The van der Waals surface area contributed by atoms with Crippen LogP contribution in [0.15, 0.2) is 12.4 Å². The van der Waals surface area contributed by atoms with Crippen LogP contribution in [-0.4, -0.2) is 33.3 Å². The molecule has 6 heteroatoms. The van der Waals surface area contributed by atoms with E-state index in [1.54, 1.807) is 6.33 Å². The van der Waals surface area contributed by atoms with Crippen LogP contribution in [0.5, 0.6) is 0 Å². The summed E-state index contributed by atoms with van der Waals surface area (Å²) in [5, 5.41) is 11.4. The lowest BCUT2D eigenvalue weighted by Gasteiger charge is -2.30. The molecule has 0 saturated heterocycles. The number of pyridine rings is 1. The van der Waals surface area contributed by atoms with Crippen LogP contribution in [0.2, 0.25) is 0 Å². The first-order valence-corrected chi connectivity index (χ1v) is 6.92. The van der Waals surface area contributed by atoms with Gasteiger partial charge in [-0.15, -0.1) is 10.2 Å². The maximum Gasteiger partial charge on any atom is 0.152 e. The number of aryl methyl sites for hydroxylation is 2. The number of anilines is 1. The monoisotopic (exact) mass is 272 g/mol. The Kier molecular flexibility index (Phi) is 3.40. The van der Waals surface area contributed by atoms with Crippen LogP contribution < -0.4 is 10.2 Å². The number of aromatic nitrogens is 4. The zero-order chi connectivity index (χ0) is 14.1. The maximum absolute atomic E-state index is 4.76. The SMILES string of the molecule is CNCc1c(C)cc(C)nc1N1CCn2cnnc2C1. The van der Waals surface area contributed by atoms with Crippen LogP contribution in [-0.2, 0) is 19.6 Å². The molecule has 106 valence electrons. The molecule has 0 amide bonds. The van der Waals surface area contributed by atoms with Gasteiger partial charge < -0.3 is 14.8 Å². The highest BCUT2D eigenvalue weighted by atomic mass is 15.3. The minimum Gasteiger partial charge on any atom is -0.347 e. The standard InChI is InChI=1S/C14H20N6/c1-10-6-11(2)17-14(12(10)7-15-3)19-4-5-20-9-16-18-13(20)8-19/h6,9,15H,4-5,7-8H2,1-3H3. The van der Waals surface area contributed by atoms with Crippen molar-refractivity contribution in [2.24, 2.45) is 0 Å². The van der Waals surface area contributed by atoms with Gasteiger partial charge in [0.1, 0.15) is 12.1 Å². The van der Waals surface area contributed by atoms with Gasteiger partial charge in [0.15, 0.2) is 5.82 Å². The van der Waals surface area contributed by atoms with Crippen molar-refractivity contribution in [2.75, 3.05) is 18.5 Å². The van der Waals surface area contributed by atoms with E-state index in [0.717, 1.165) is 43.5 Å². The highest BCUT2D eigenvalue weighted by Crippen LogP contribution is 2.25. The van der Waals surface area contributed by atoms with Crippen LogP contribution in [0, 0.1) is 13.8 Å². The molecule has 1 aliphatic heterocycles. The molecule has 2 aromatic heterocycles. The molecule has 0 bridgehead atoms. The highest BCUT2D eigenvalue weighted by Gasteiger charge is 2.21. The third kappa shape index (κ3) is 2.27.